The number of benzene rings is 1. The first-order chi connectivity index (χ1) is 10.9. The molecule has 6 nitrogen and oxygen atoms in total. The fourth-order valence-corrected chi connectivity index (χ4v) is 2.65. The largest absolute Gasteiger partial charge is 0.370 e. The van der Waals surface area contributed by atoms with Crippen molar-refractivity contribution in [2.24, 2.45) is 4.99 Å². The smallest absolute Gasteiger partial charge is 0.191 e. The van der Waals surface area contributed by atoms with Crippen molar-refractivity contribution in [1.82, 2.24) is 10.6 Å². The Kier molecular flexibility index (Phi) is 11.0. The molecule has 0 saturated heterocycles. The maximum Gasteiger partial charge on any atom is 0.191 e. The Balaban J connectivity index is 0.00000529. The third-order valence-electron chi connectivity index (χ3n) is 3.41. The summed E-state index contributed by atoms with van der Waals surface area (Å²) in [4.78, 5) is 6.38. The zero-order valence-corrected chi connectivity index (χ0v) is 18.0. The van der Waals surface area contributed by atoms with Crippen LogP contribution in [0.25, 0.3) is 0 Å². The fraction of sp³-hybridized carbons (Fsp3) is 0.562. The summed E-state index contributed by atoms with van der Waals surface area (Å²) in [6, 6.07) is 8.42. The maximum absolute atomic E-state index is 11.1. The molecule has 0 fully saturated rings. The van der Waals surface area contributed by atoms with Crippen molar-refractivity contribution < 1.29 is 8.42 Å². The normalized spacial score (nSPS) is 11.6. The first kappa shape index (κ1) is 23.0. The lowest BCUT2D eigenvalue weighted by Gasteiger charge is -2.24. The SMILES string of the molecule is CCN(CCNC(=NC)NCCS(C)(=O)=O)c1cccc(C)c1.I. The van der Waals surface area contributed by atoms with E-state index in [2.05, 4.69) is 58.6 Å². The first-order valence-electron chi connectivity index (χ1n) is 7.79. The summed E-state index contributed by atoms with van der Waals surface area (Å²) in [6.07, 6.45) is 1.23. The molecule has 1 rings (SSSR count). The quantitative estimate of drug-likeness (QED) is 0.345. The maximum atomic E-state index is 11.1. The van der Waals surface area contributed by atoms with Gasteiger partial charge in [0.25, 0.3) is 0 Å². The van der Waals surface area contributed by atoms with Crippen LogP contribution in [0.2, 0.25) is 0 Å². The molecule has 0 amide bonds. The van der Waals surface area contributed by atoms with Crippen LogP contribution in [0.4, 0.5) is 5.69 Å². The van der Waals surface area contributed by atoms with Crippen LogP contribution in [0, 0.1) is 6.92 Å². The molecule has 138 valence electrons. The van der Waals surface area contributed by atoms with Crippen LogP contribution in [0.1, 0.15) is 12.5 Å². The van der Waals surface area contributed by atoms with Gasteiger partial charge in [0, 0.05) is 45.2 Å². The predicted molar refractivity (Wildman–Crippen MR) is 114 cm³/mol. The number of hydrogen-bond donors (Lipinski definition) is 2. The number of rotatable bonds is 8. The van der Waals surface area contributed by atoms with Crippen LogP contribution in [0.3, 0.4) is 0 Å². The number of aliphatic imine (C=N–C) groups is 1. The second kappa shape index (κ2) is 11.5. The average molecular weight is 468 g/mol. The summed E-state index contributed by atoms with van der Waals surface area (Å²) in [5.41, 5.74) is 2.45. The molecule has 0 aliphatic heterocycles. The molecule has 8 heteroatoms. The second-order valence-corrected chi connectivity index (χ2v) is 7.73. The van der Waals surface area contributed by atoms with E-state index >= 15 is 0 Å². The van der Waals surface area contributed by atoms with Gasteiger partial charge in [0.2, 0.25) is 0 Å². The van der Waals surface area contributed by atoms with E-state index < -0.39 is 9.84 Å². The summed E-state index contributed by atoms with van der Waals surface area (Å²) in [5, 5.41) is 6.22. The van der Waals surface area contributed by atoms with E-state index in [4.69, 9.17) is 0 Å². The van der Waals surface area contributed by atoms with Crippen molar-refractivity contribution in [2.75, 3.05) is 50.1 Å². The van der Waals surface area contributed by atoms with E-state index in [9.17, 15) is 8.42 Å². The van der Waals surface area contributed by atoms with Gasteiger partial charge in [0.05, 0.1) is 5.75 Å². The summed E-state index contributed by atoms with van der Waals surface area (Å²) in [7, 11) is -1.29. The average Bonchev–Trinajstić information content (AvgIpc) is 2.48. The summed E-state index contributed by atoms with van der Waals surface area (Å²) < 4.78 is 22.2. The zero-order valence-electron chi connectivity index (χ0n) is 14.9. The van der Waals surface area contributed by atoms with Crippen LogP contribution in [-0.4, -0.2) is 59.6 Å². The Morgan fingerprint density at radius 2 is 1.92 bits per heavy atom. The van der Waals surface area contributed by atoms with Crippen molar-refractivity contribution in [3.05, 3.63) is 29.8 Å². The van der Waals surface area contributed by atoms with E-state index in [0.717, 1.165) is 19.6 Å². The van der Waals surface area contributed by atoms with Gasteiger partial charge >= 0.3 is 0 Å². The molecule has 0 spiro atoms. The number of nitrogens with zero attached hydrogens (tertiary/aromatic N) is 2. The monoisotopic (exact) mass is 468 g/mol. The van der Waals surface area contributed by atoms with E-state index in [-0.39, 0.29) is 29.7 Å². The standard InChI is InChI=1S/C16H28N4O2S.HI/c1-5-20(15-8-6-7-14(2)13-15)11-9-18-16(17-3)19-10-12-23(4,21)22;/h6-8,13H,5,9-12H2,1-4H3,(H2,17,18,19);1H. The van der Waals surface area contributed by atoms with E-state index in [1.165, 1.54) is 17.5 Å². The highest BCUT2D eigenvalue weighted by molar-refractivity contribution is 14.0. The Morgan fingerprint density at radius 1 is 1.25 bits per heavy atom. The topological polar surface area (TPSA) is 73.8 Å². The molecular weight excluding hydrogens is 439 g/mol. The summed E-state index contributed by atoms with van der Waals surface area (Å²) in [5.74, 6) is 0.715. The Morgan fingerprint density at radius 3 is 2.46 bits per heavy atom. The molecule has 0 bridgehead atoms. The number of nitrogens with one attached hydrogen (secondary N) is 2. The number of aryl methyl sites for hydroxylation is 1. The van der Waals surface area contributed by atoms with E-state index in [1.54, 1.807) is 7.05 Å². The number of halogens is 1. The zero-order chi connectivity index (χ0) is 17.3. The fourth-order valence-electron chi connectivity index (χ4n) is 2.18. The first-order valence-corrected chi connectivity index (χ1v) is 9.85. The lowest BCUT2D eigenvalue weighted by molar-refractivity contribution is 0.600. The molecule has 0 heterocycles. The molecule has 0 aromatic heterocycles. The van der Waals surface area contributed by atoms with Crippen LogP contribution in [0.15, 0.2) is 29.3 Å². The second-order valence-electron chi connectivity index (χ2n) is 5.47. The molecule has 1 aromatic rings. The number of guanidine groups is 1. The minimum Gasteiger partial charge on any atom is -0.370 e. The molecular formula is C16H29IN4O2S. The Labute approximate surface area is 163 Å². The molecule has 0 unspecified atom stereocenters. The molecule has 0 atom stereocenters. The van der Waals surface area contributed by atoms with Crippen LogP contribution >= 0.6 is 24.0 Å². The lowest BCUT2D eigenvalue weighted by atomic mass is 10.2. The van der Waals surface area contributed by atoms with Crippen LogP contribution in [-0.2, 0) is 9.84 Å². The molecule has 0 saturated carbocycles. The minimum absolute atomic E-state index is 0. The van der Waals surface area contributed by atoms with Crippen molar-refractivity contribution in [3.63, 3.8) is 0 Å². The highest BCUT2D eigenvalue weighted by Gasteiger charge is 2.06. The third-order valence-corrected chi connectivity index (χ3v) is 4.36. The Hall–Kier alpha value is -1.03. The lowest BCUT2D eigenvalue weighted by Crippen LogP contribution is -2.43. The minimum atomic E-state index is -2.96. The van der Waals surface area contributed by atoms with Crippen molar-refractivity contribution >= 4 is 45.5 Å². The van der Waals surface area contributed by atoms with Gasteiger partial charge in [-0.25, -0.2) is 8.42 Å². The summed E-state index contributed by atoms with van der Waals surface area (Å²) in [6.45, 7) is 7.05. The highest BCUT2D eigenvalue weighted by atomic mass is 127. The molecule has 24 heavy (non-hydrogen) atoms. The molecule has 2 N–H and O–H groups in total. The van der Waals surface area contributed by atoms with Gasteiger partial charge < -0.3 is 15.5 Å². The predicted octanol–water partition coefficient (Wildman–Crippen LogP) is 1.65. The van der Waals surface area contributed by atoms with Gasteiger partial charge in [-0.3, -0.25) is 4.99 Å². The molecule has 0 aliphatic rings. The molecule has 0 aliphatic carbocycles. The van der Waals surface area contributed by atoms with Crippen molar-refractivity contribution in [1.29, 1.82) is 0 Å². The van der Waals surface area contributed by atoms with E-state index in [0.29, 0.717) is 12.5 Å². The van der Waals surface area contributed by atoms with Gasteiger partial charge in [-0.05, 0) is 31.5 Å². The number of hydrogen-bond acceptors (Lipinski definition) is 4. The van der Waals surface area contributed by atoms with Gasteiger partial charge in [-0.2, -0.15) is 0 Å². The highest BCUT2D eigenvalue weighted by Crippen LogP contribution is 2.14. The van der Waals surface area contributed by atoms with Crippen LogP contribution < -0.4 is 15.5 Å². The number of anilines is 1. The number of sulfone groups is 1. The Bertz CT molecular complexity index is 620. The molecule has 0 radical (unpaired) electrons. The van der Waals surface area contributed by atoms with E-state index in [1.807, 2.05) is 0 Å². The van der Waals surface area contributed by atoms with Crippen molar-refractivity contribution in [2.45, 2.75) is 13.8 Å². The van der Waals surface area contributed by atoms with Crippen molar-refractivity contribution in [3.8, 4) is 0 Å². The van der Waals surface area contributed by atoms with Gasteiger partial charge in [0.1, 0.15) is 9.84 Å². The number of likely N-dealkylation sites (N-methyl/N-ethyl adjacent to an activating group) is 1. The van der Waals surface area contributed by atoms with Crippen LogP contribution in [0.5, 0.6) is 0 Å². The van der Waals surface area contributed by atoms with Gasteiger partial charge in [0.15, 0.2) is 5.96 Å². The van der Waals surface area contributed by atoms with Gasteiger partial charge in [-0.1, -0.05) is 12.1 Å². The molecule has 1 aromatic carbocycles. The summed E-state index contributed by atoms with van der Waals surface area (Å²) >= 11 is 0. The van der Waals surface area contributed by atoms with Gasteiger partial charge in [-0.15, -0.1) is 24.0 Å². The third kappa shape index (κ3) is 9.31.